The predicted octanol–water partition coefficient (Wildman–Crippen LogP) is 2.97. The van der Waals surface area contributed by atoms with Gasteiger partial charge in [0, 0.05) is 25.1 Å². The highest BCUT2D eigenvalue weighted by molar-refractivity contribution is 5.99. The van der Waals surface area contributed by atoms with Gasteiger partial charge < -0.3 is 15.6 Å². The standard InChI is InChI=1S/C19H19FN4O/c1-12-3-5-13(6-4-12)17(18-22-9-10-24(18)2)23-19(25)15-11-14(20)7-8-16(15)21/h3-11,17H,21H2,1-2H3,(H,23,25). The van der Waals surface area contributed by atoms with Crippen LogP contribution in [0.2, 0.25) is 0 Å². The van der Waals surface area contributed by atoms with E-state index in [-0.39, 0.29) is 11.3 Å². The van der Waals surface area contributed by atoms with Crippen molar-refractivity contribution in [1.29, 1.82) is 0 Å². The number of nitrogens with one attached hydrogen (secondary N) is 1. The van der Waals surface area contributed by atoms with Crippen molar-refractivity contribution < 1.29 is 9.18 Å². The molecular weight excluding hydrogens is 319 g/mol. The number of halogens is 1. The van der Waals surface area contributed by atoms with Gasteiger partial charge in [0.2, 0.25) is 0 Å². The zero-order chi connectivity index (χ0) is 18.0. The molecule has 0 saturated carbocycles. The van der Waals surface area contributed by atoms with E-state index in [1.165, 1.54) is 12.1 Å². The lowest BCUT2D eigenvalue weighted by Crippen LogP contribution is -2.31. The quantitative estimate of drug-likeness (QED) is 0.718. The monoisotopic (exact) mass is 338 g/mol. The van der Waals surface area contributed by atoms with Crippen LogP contribution in [0, 0.1) is 12.7 Å². The smallest absolute Gasteiger partial charge is 0.254 e. The first-order valence-electron chi connectivity index (χ1n) is 7.85. The van der Waals surface area contributed by atoms with E-state index in [4.69, 9.17) is 5.73 Å². The van der Waals surface area contributed by atoms with Crippen LogP contribution in [-0.4, -0.2) is 15.5 Å². The number of benzene rings is 2. The molecule has 0 aliphatic rings. The molecular formula is C19H19FN4O. The van der Waals surface area contributed by atoms with Gasteiger partial charge in [-0.1, -0.05) is 29.8 Å². The summed E-state index contributed by atoms with van der Waals surface area (Å²) in [4.78, 5) is 17.0. The van der Waals surface area contributed by atoms with Gasteiger partial charge in [-0.25, -0.2) is 9.37 Å². The number of nitrogens with two attached hydrogens (primary N) is 1. The van der Waals surface area contributed by atoms with Crippen LogP contribution >= 0.6 is 0 Å². The van der Waals surface area contributed by atoms with E-state index in [0.29, 0.717) is 5.82 Å². The van der Waals surface area contributed by atoms with Crippen LogP contribution in [0.1, 0.15) is 33.4 Å². The van der Waals surface area contributed by atoms with E-state index < -0.39 is 17.8 Å². The topological polar surface area (TPSA) is 72.9 Å². The number of rotatable bonds is 4. The van der Waals surface area contributed by atoms with Crippen molar-refractivity contribution in [3.05, 3.63) is 83.2 Å². The van der Waals surface area contributed by atoms with Crippen molar-refractivity contribution in [1.82, 2.24) is 14.9 Å². The fraction of sp³-hybridized carbons (Fsp3) is 0.158. The highest BCUT2D eigenvalue weighted by Gasteiger charge is 2.22. The lowest BCUT2D eigenvalue weighted by Gasteiger charge is -2.20. The fourth-order valence-electron chi connectivity index (χ4n) is 2.65. The molecule has 1 atom stereocenters. The second-order valence-electron chi connectivity index (χ2n) is 5.95. The number of hydrogen-bond donors (Lipinski definition) is 2. The highest BCUT2D eigenvalue weighted by atomic mass is 19.1. The molecule has 3 N–H and O–H groups in total. The van der Waals surface area contributed by atoms with Crippen molar-refractivity contribution >= 4 is 11.6 Å². The number of nitrogens with zero attached hydrogens (tertiary/aromatic N) is 2. The number of carbonyl (C=O) groups excluding carboxylic acids is 1. The van der Waals surface area contributed by atoms with Gasteiger partial charge in [-0.2, -0.15) is 0 Å². The summed E-state index contributed by atoms with van der Waals surface area (Å²) < 4.78 is 15.3. The highest BCUT2D eigenvalue weighted by Crippen LogP contribution is 2.23. The van der Waals surface area contributed by atoms with E-state index in [9.17, 15) is 9.18 Å². The minimum atomic E-state index is -0.511. The molecule has 1 unspecified atom stereocenters. The maximum atomic E-state index is 13.5. The van der Waals surface area contributed by atoms with Crippen LogP contribution in [-0.2, 0) is 7.05 Å². The Morgan fingerprint density at radius 3 is 2.60 bits per heavy atom. The molecule has 0 aliphatic heterocycles. The second-order valence-corrected chi connectivity index (χ2v) is 5.95. The van der Waals surface area contributed by atoms with Crippen molar-refractivity contribution in [3.63, 3.8) is 0 Å². The number of carbonyl (C=O) groups is 1. The molecule has 1 aromatic heterocycles. The van der Waals surface area contributed by atoms with Crippen LogP contribution < -0.4 is 11.1 Å². The van der Waals surface area contributed by atoms with E-state index in [1.807, 2.05) is 42.8 Å². The molecule has 0 aliphatic carbocycles. The number of hydrogen-bond acceptors (Lipinski definition) is 3. The second kappa shape index (κ2) is 6.76. The molecule has 1 amide bonds. The lowest BCUT2D eigenvalue weighted by molar-refractivity contribution is 0.0941. The molecule has 3 rings (SSSR count). The summed E-state index contributed by atoms with van der Waals surface area (Å²) in [7, 11) is 1.85. The van der Waals surface area contributed by atoms with Crippen molar-refractivity contribution in [2.45, 2.75) is 13.0 Å². The molecule has 5 nitrogen and oxygen atoms in total. The van der Waals surface area contributed by atoms with E-state index in [1.54, 1.807) is 12.4 Å². The Kier molecular flexibility index (Phi) is 4.52. The zero-order valence-corrected chi connectivity index (χ0v) is 14.0. The van der Waals surface area contributed by atoms with E-state index in [2.05, 4.69) is 10.3 Å². The molecule has 25 heavy (non-hydrogen) atoms. The van der Waals surface area contributed by atoms with Crippen LogP contribution in [0.5, 0.6) is 0 Å². The van der Waals surface area contributed by atoms with Crippen LogP contribution in [0.25, 0.3) is 0 Å². The Hall–Kier alpha value is -3.15. The third kappa shape index (κ3) is 3.52. The lowest BCUT2D eigenvalue weighted by atomic mass is 10.0. The van der Waals surface area contributed by atoms with Crippen molar-refractivity contribution in [2.75, 3.05) is 5.73 Å². The molecule has 2 aromatic carbocycles. The molecule has 1 heterocycles. The number of nitrogen functional groups attached to an aromatic ring is 1. The van der Waals surface area contributed by atoms with Crippen molar-refractivity contribution in [3.8, 4) is 0 Å². The fourth-order valence-corrected chi connectivity index (χ4v) is 2.65. The van der Waals surface area contributed by atoms with Gasteiger partial charge >= 0.3 is 0 Å². The van der Waals surface area contributed by atoms with Gasteiger partial charge in [0.25, 0.3) is 5.91 Å². The van der Waals surface area contributed by atoms with Gasteiger partial charge in [0.1, 0.15) is 17.7 Å². The van der Waals surface area contributed by atoms with Gasteiger partial charge in [0.05, 0.1) is 5.56 Å². The molecule has 0 radical (unpaired) electrons. The minimum Gasteiger partial charge on any atom is -0.398 e. The summed E-state index contributed by atoms with van der Waals surface area (Å²) in [6.45, 7) is 1.99. The summed E-state index contributed by atoms with van der Waals surface area (Å²) in [6, 6.07) is 11.1. The Balaban J connectivity index is 1.98. The van der Waals surface area contributed by atoms with Crippen LogP contribution in [0.15, 0.2) is 54.9 Å². The number of aryl methyl sites for hydroxylation is 2. The third-order valence-electron chi connectivity index (χ3n) is 4.06. The van der Waals surface area contributed by atoms with Gasteiger partial charge in [-0.15, -0.1) is 0 Å². The predicted molar refractivity (Wildman–Crippen MR) is 94.5 cm³/mol. The summed E-state index contributed by atoms with van der Waals surface area (Å²) in [5, 5.41) is 2.91. The number of imidazole rings is 1. The molecule has 0 fully saturated rings. The summed E-state index contributed by atoms with van der Waals surface area (Å²) in [5.41, 5.74) is 8.14. The maximum Gasteiger partial charge on any atom is 0.254 e. The first-order valence-corrected chi connectivity index (χ1v) is 7.85. The Morgan fingerprint density at radius 2 is 1.96 bits per heavy atom. The first kappa shape index (κ1) is 16.7. The Labute approximate surface area is 145 Å². The first-order chi connectivity index (χ1) is 12.0. The van der Waals surface area contributed by atoms with Crippen molar-refractivity contribution in [2.24, 2.45) is 7.05 Å². The number of anilines is 1. The van der Waals surface area contributed by atoms with Crippen LogP contribution in [0.3, 0.4) is 0 Å². The zero-order valence-electron chi connectivity index (χ0n) is 14.0. The van der Waals surface area contributed by atoms with E-state index >= 15 is 0 Å². The summed E-state index contributed by atoms with van der Waals surface area (Å²) >= 11 is 0. The average Bonchev–Trinajstić information content (AvgIpc) is 3.01. The maximum absolute atomic E-state index is 13.5. The number of aromatic nitrogens is 2. The molecule has 0 saturated heterocycles. The molecule has 3 aromatic rings. The van der Waals surface area contributed by atoms with Crippen LogP contribution in [0.4, 0.5) is 10.1 Å². The average molecular weight is 338 g/mol. The SMILES string of the molecule is Cc1ccc(C(NC(=O)c2cc(F)ccc2N)c2nccn2C)cc1. The molecule has 0 bridgehead atoms. The van der Waals surface area contributed by atoms with E-state index in [0.717, 1.165) is 17.2 Å². The summed E-state index contributed by atoms with van der Waals surface area (Å²) in [5.74, 6) is -0.291. The van der Waals surface area contributed by atoms with Gasteiger partial charge in [-0.3, -0.25) is 4.79 Å². The summed E-state index contributed by atoms with van der Waals surface area (Å²) in [6.07, 6.45) is 3.47. The number of amides is 1. The molecule has 128 valence electrons. The third-order valence-corrected chi connectivity index (χ3v) is 4.06. The van der Waals surface area contributed by atoms with Gasteiger partial charge in [0.15, 0.2) is 0 Å². The minimum absolute atomic E-state index is 0.103. The Morgan fingerprint density at radius 1 is 1.24 bits per heavy atom. The molecule has 0 spiro atoms. The molecule has 6 heteroatoms. The Bertz CT molecular complexity index is 902. The largest absolute Gasteiger partial charge is 0.398 e. The normalized spacial score (nSPS) is 12.0. The van der Waals surface area contributed by atoms with Gasteiger partial charge in [-0.05, 0) is 30.7 Å².